The van der Waals surface area contributed by atoms with Gasteiger partial charge in [-0.2, -0.15) is 13.8 Å². The molecule has 0 saturated carbocycles. The minimum Gasteiger partial charge on any atom is -0.331 e. The molecule has 0 aliphatic rings. The van der Waals surface area contributed by atoms with Crippen LogP contribution in [0.2, 0.25) is 0 Å². The molecule has 1 aromatic carbocycles. The Bertz CT molecular complexity index is 1040. The predicted octanol–water partition coefficient (Wildman–Crippen LogP) is 5.08. The molecule has 0 spiro atoms. The first kappa shape index (κ1) is 22.4. The molecule has 0 bridgehead atoms. The van der Waals surface area contributed by atoms with Gasteiger partial charge in [0, 0.05) is 18.3 Å². The second kappa shape index (κ2) is 9.26. The highest BCUT2D eigenvalue weighted by atomic mass is 35.5. The maximum absolute atomic E-state index is 13.3. The van der Waals surface area contributed by atoms with Crippen LogP contribution >= 0.6 is 19.1 Å². The van der Waals surface area contributed by atoms with Crippen molar-refractivity contribution in [2.75, 3.05) is 6.61 Å². The molecule has 12 heteroatoms. The summed E-state index contributed by atoms with van der Waals surface area (Å²) in [5.41, 5.74) is 1.35. The maximum Gasteiger partial charge on any atom is 0.400 e. The van der Waals surface area contributed by atoms with Gasteiger partial charge in [0.15, 0.2) is 0 Å². The first-order valence-electron chi connectivity index (χ1n) is 8.78. The fourth-order valence-corrected chi connectivity index (χ4v) is 4.36. The fraction of sp³-hybridized carbons (Fsp3) is 0.278. The number of nitrogens with zero attached hydrogens (tertiary/aromatic N) is 3. The minimum atomic E-state index is -3.77. The monoisotopic (exact) mass is 460 g/mol. The normalized spacial score (nSPS) is 13.9. The molecule has 3 aromatic rings. The summed E-state index contributed by atoms with van der Waals surface area (Å²) in [6.45, 7) is 2.04. The van der Waals surface area contributed by atoms with Gasteiger partial charge in [-0.25, -0.2) is 9.48 Å². The highest BCUT2D eigenvalue weighted by Gasteiger charge is 2.35. The first-order valence-corrected chi connectivity index (χ1v) is 11.0. The number of rotatable bonds is 9. The van der Waals surface area contributed by atoms with Crippen LogP contribution in [0.15, 0.2) is 47.1 Å². The van der Waals surface area contributed by atoms with Crippen LogP contribution in [0.4, 0.5) is 13.2 Å². The van der Waals surface area contributed by atoms with Gasteiger partial charge >= 0.3 is 11.3 Å². The highest BCUT2D eigenvalue weighted by molar-refractivity contribution is 7.56. The van der Waals surface area contributed by atoms with E-state index >= 15 is 0 Å². The summed E-state index contributed by atoms with van der Waals surface area (Å²) in [7, 11) is -3.33. The Morgan fingerprint density at radius 2 is 2.10 bits per heavy atom. The van der Waals surface area contributed by atoms with E-state index in [4.69, 9.17) is 16.1 Å². The summed E-state index contributed by atoms with van der Waals surface area (Å²) in [5.74, 6) is -1.53. The average Bonchev–Trinajstić information content (AvgIpc) is 3.18. The molecule has 0 aliphatic carbocycles. The lowest BCUT2D eigenvalue weighted by atomic mass is 10.2. The molecule has 0 saturated heterocycles. The minimum absolute atomic E-state index is 0.0340. The van der Waals surface area contributed by atoms with E-state index in [0.717, 1.165) is 0 Å². The van der Waals surface area contributed by atoms with E-state index in [9.17, 15) is 17.7 Å². The Labute approximate surface area is 175 Å². The van der Waals surface area contributed by atoms with Crippen LogP contribution in [0.5, 0.6) is 0 Å². The molecule has 1 N–H and O–H groups in total. The maximum atomic E-state index is 13.3. The fourth-order valence-electron chi connectivity index (χ4n) is 2.53. The Kier molecular flexibility index (Phi) is 6.92. The van der Waals surface area contributed by atoms with Gasteiger partial charge in [0.1, 0.15) is 5.82 Å². The number of aromatic nitrogens is 3. The zero-order chi connectivity index (χ0) is 21.8. The van der Waals surface area contributed by atoms with Crippen LogP contribution in [0.1, 0.15) is 24.1 Å². The van der Waals surface area contributed by atoms with Gasteiger partial charge < -0.3 is 9.05 Å². The smallest absolute Gasteiger partial charge is 0.331 e. The van der Waals surface area contributed by atoms with E-state index in [1.807, 2.05) is 0 Å². The molecule has 3 rings (SSSR count). The number of alkyl halides is 3. The van der Waals surface area contributed by atoms with Crippen molar-refractivity contribution in [2.45, 2.75) is 25.0 Å². The average molecular weight is 461 g/mol. The van der Waals surface area contributed by atoms with Crippen molar-refractivity contribution in [3.8, 4) is 11.4 Å². The van der Waals surface area contributed by atoms with Crippen molar-refractivity contribution < 1.29 is 26.8 Å². The topological polar surface area (TPSA) is 90.1 Å². The summed E-state index contributed by atoms with van der Waals surface area (Å²) in [6.07, 6.45) is 1.30. The van der Waals surface area contributed by atoms with E-state index in [1.54, 1.807) is 25.1 Å². The SMILES string of the molecule is CCOP(=O)(Cc1ccc(-c2noc(C(F)(F)Cl)n2)cn1)NCc1cccc(F)c1. The molecular weight excluding hydrogens is 444 g/mol. The second-order valence-electron chi connectivity index (χ2n) is 6.17. The molecule has 1 unspecified atom stereocenters. The lowest BCUT2D eigenvalue weighted by Crippen LogP contribution is -2.14. The molecular formula is C18H17ClF3N4O3P. The number of halogens is 4. The highest BCUT2D eigenvalue weighted by Crippen LogP contribution is 2.46. The van der Waals surface area contributed by atoms with Gasteiger partial charge in [-0.05, 0) is 48.4 Å². The van der Waals surface area contributed by atoms with Gasteiger partial charge in [0.2, 0.25) is 5.82 Å². The standard InChI is InChI=1S/C18H17ClF3N4O3P/c1-2-28-30(27,24-9-12-4-3-5-14(20)8-12)11-15-7-6-13(10-23-15)16-25-17(29-26-16)18(19,21)22/h3-8,10H,2,9,11H2,1H3,(H,24,27). The van der Waals surface area contributed by atoms with Crippen molar-refractivity contribution in [3.63, 3.8) is 0 Å². The third-order valence-electron chi connectivity index (χ3n) is 3.87. The van der Waals surface area contributed by atoms with E-state index in [1.165, 1.54) is 24.4 Å². The Hall–Kier alpha value is -2.26. The summed E-state index contributed by atoms with van der Waals surface area (Å²) in [5, 5.41) is 2.52. The number of pyridine rings is 1. The van der Waals surface area contributed by atoms with Crippen molar-refractivity contribution in [1.82, 2.24) is 20.2 Å². The van der Waals surface area contributed by atoms with Gasteiger partial charge in [-0.1, -0.05) is 17.3 Å². The van der Waals surface area contributed by atoms with Crippen molar-refractivity contribution in [1.29, 1.82) is 0 Å². The van der Waals surface area contributed by atoms with Crippen LogP contribution in [0.25, 0.3) is 11.4 Å². The van der Waals surface area contributed by atoms with Gasteiger partial charge in [0.25, 0.3) is 7.52 Å². The Balaban J connectivity index is 1.70. The molecule has 0 radical (unpaired) electrons. The summed E-state index contributed by atoms with van der Waals surface area (Å²) in [6, 6.07) is 8.97. The number of nitrogens with one attached hydrogen (secondary N) is 1. The van der Waals surface area contributed by atoms with Crippen LogP contribution < -0.4 is 5.09 Å². The van der Waals surface area contributed by atoms with E-state index in [0.29, 0.717) is 16.8 Å². The van der Waals surface area contributed by atoms with Crippen LogP contribution in [0, 0.1) is 5.82 Å². The van der Waals surface area contributed by atoms with Crippen LogP contribution in [-0.4, -0.2) is 21.7 Å². The number of benzene rings is 1. The van der Waals surface area contributed by atoms with Crippen molar-refractivity contribution in [3.05, 3.63) is 65.6 Å². The zero-order valence-electron chi connectivity index (χ0n) is 15.7. The third-order valence-corrected chi connectivity index (χ3v) is 6.09. The molecule has 160 valence electrons. The number of hydrogen-bond donors (Lipinski definition) is 1. The van der Waals surface area contributed by atoms with E-state index in [2.05, 4.69) is 24.7 Å². The molecule has 0 fully saturated rings. The quantitative estimate of drug-likeness (QED) is 0.352. The largest absolute Gasteiger partial charge is 0.400 e. The molecule has 2 aromatic heterocycles. The van der Waals surface area contributed by atoms with E-state index < -0.39 is 24.6 Å². The lowest BCUT2D eigenvalue weighted by molar-refractivity contribution is 0.0551. The van der Waals surface area contributed by atoms with E-state index in [-0.39, 0.29) is 25.1 Å². The van der Waals surface area contributed by atoms with Crippen molar-refractivity contribution >= 4 is 19.1 Å². The Morgan fingerprint density at radius 3 is 2.70 bits per heavy atom. The van der Waals surface area contributed by atoms with Crippen molar-refractivity contribution in [2.24, 2.45) is 0 Å². The van der Waals surface area contributed by atoms with Gasteiger partial charge in [-0.15, -0.1) is 0 Å². The lowest BCUT2D eigenvalue weighted by Gasteiger charge is -2.19. The second-order valence-corrected chi connectivity index (χ2v) is 8.89. The van der Waals surface area contributed by atoms with Crippen LogP contribution in [-0.2, 0) is 27.2 Å². The van der Waals surface area contributed by atoms with Gasteiger partial charge in [0.05, 0.1) is 18.5 Å². The predicted molar refractivity (Wildman–Crippen MR) is 103 cm³/mol. The summed E-state index contributed by atoms with van der Waals surface area (Å²) >= 11 is 4.85. The van der Waals surface area contributed by atoms with Crippen LogP contribution in [0.3, 0.4) is 0 Å². The molecule has 30 heavy (non-hydrogen) atoms. The number of hydrogen-bond acceptors (Lipinski definition) is 6. The summed E-state index contributed by atoms with van der Waals surface area (Å²) in [4.78, 5) is 7.70. The zero-order valence-corrected chi connectivity index (χ0v) is 17.3. The summed E-state index contributed by atoms with van der Waals surface area (Å²) < 4.78 is 62.3. The molecule has 7 nitrogen and oxygen atoms in total. The molecule has 0 aliphatic heterocycles. The van der Waals surface area contributed by atoms with Gasteiger partial charge in [-0.3, -0.25) is 9.55 Å². The third kappa shape index (κ3) is 5.89. The molecule has 0 amide bonds. The Morgan fingerprint density at radius 1 is 1.30 bits per heavy atom. The molecule has 1 atom stereocenters. The molecule has 2 heterocycles. The first-order chi connectivity index (χ1) is 14.2.